The van der Waals surface area contributed by atoms with Crippen molar-refractivity contribution in [3.8, 4) is 34.3 Å². The molecule has 340 valence electrons. The van der Waals surface area contributed by atoms with E-state index in [4.69, 9.17) is 4.74 Å². The molecule has 0 saturated carbocycles. The van der Waals surface area contributed by atoms with Gasteiger partial charge in [0.1, 0.15) is 5.60 Å². The lowest BCUT2D eigenvalue weighted by Crippen LogP contribution is -2.48. The maximum absolute atomic E-state index is 14.7. The van der Waals surface area contributed by atoms with Crippen molar-refractivity contribution in [2.45, 2.75) is 97.2 Å². The third-order valence-corrected chi connectivity index (χ3v) is 9.50. The minimum absolute atomic E-state index is 0. The number of hydrogen-bond acceptors (Lipinski definition) is 11. The van der Waals surface area contributed by atoms with Gasteiger partial charge in [0.25, 0.3) is 11.8 Å². The summed E-state index contributed by atoms with van der Waals surface area (Å²) < 4.78 is 174. The van der Waals surface area contributed by atoms with Crippen molar-refractivity contribution in [2.24, 2.45) is 5.92 Å². The average molecular weight is 917 g/mol. The third-order valence-electron chi connectivity index (χ3n) is 8.88. The monoisotopic (exact) mass is 916 g/mol. The van der Waals surface area contributed by atoms with Gasteiger partial charge in [0.05, 0.1) is 29.7 Å². The molecule has 0 aliphatic rings. The zero-order valence-corrected chi connectivity index (χ0v) is 34.6. The number of rotatable bonds is 12. The Morgan fingerprint density at radius 2 is 1.15 bits per heavy atom. The van der Waals surface area contributed by atoms with Gasteiger partial charge in [-0.15, -0.1) is 20.4 Å². The van der Waals surface area contributed by atoms with E-state index in [-0.39, 0.29) is 47.4 Å². The summed E-state index contributed by atoms with van der Waals surface area (Å²) in [6.45, 7) is 9.03. The Bertz CT molecular complexity index is 2470. The van der Waals surface area contributed by atoms with E-state index in [1.165, 1.54) is 12.4 Å². The molecule has 6 heterocycles. The summed E-state index contributed by atoms with van der Waals surface area (Å²) in [4.78, 5) is 15.3. The van der Waals surface area contributed by atoms with E-state index in [0.29, 0.717) is 13.8 Å². The van der Waals surface area contributed by atoms with Crippen molar-refractivity contribution < 1.29 is 63.6 Å². The minimum atomic E-state index is -4.68. The van der Waals surface area contributed by atoms with Gasteiger partial charge in [-0.1, -0.05) is 20.8 Å². The van der Waals surface area contributed by atoms with Crippen LogP contribution in [0.3, 0.4) is 0 Å². The first-order chi connectivity index (χ1) is 28.8. The molecule has 62 heavy (non-hydrogen) atoms. The summed E-state index contributed by atoms with van der Waals surface area (Å²) in [6.07, 6.45) is -4.91. The molecule has 0 aliphatic heterocycles. The number of nitrogens with zero attached hydrogens (tertiary/aromatic N) is 10. The minimum Gasteiger partial charge on any atom is -0.468 e. The van der Waals surface area contributed by atoms with Crippen LogP contribution in [0.25, 0.3) is 33.8 Å². The maximum atomic E-state index is 14.7. The van der Waals surface area contributed by atoms with Gasteiger partial charge >= 0.3 is 24.2 Å². The van der Waals surface area contributed by atoms with E-state index in [1.807, 2.05) is 13.8 Å². The number of pyridine rings is 2. The van der Waals surface area contributed by atoms with E-state index in [1.54, 1.807) is 6.92 Å². The topological polar surface area (TPSA) is 130 Å². The number of ether oxygens (including phenoxy) is 2. The molecule has 25 heteroatoms. The number of alkyl halides is 10. The molecule has 6 aromatic heterocycles. The van der Waals surface area contributed by atoms with Gasteiger partial charge in [-0.2, -0.15) is 56.5 Å². The molecule has 0 aliphatic carbocycles. The molecule has 0 amide bonds. The van der Waals surface area contributed by atoms with Gasteiger partial charge in [0.15, 0.2) is 29.0 Å². The van der Waals surface area contributed by atoms with Crippen LogP contribution in [0.5, 0.6) is 11.8 Å². The van der Waals surface area contributed by atoms with Gasteiger partial charge in [-0.3, -0.25) is 18.8 Å². The van der Waals surface area contributed by atoms with Crippen LogP contribution in [0.15, 0.2) is 49.3 Å². The van der Waals surface area contributed by atoms with Crippen molar-refractivity contribution in [3.05, 3.63) is 72.6 Å². The van der Waals surface area contributed by atoms with Crippen LogP contribution < -0.4 is 9.47 Å². The van der Waals surface area contributed by atoms with E-state index >= 15 is 0 Å². The second-order valence-corrected chi connectivity index (χ2v) is 13.9. The molecule has 0 aromatic carbocycles. The summed E-state index contributed by atoms with van der Waals surface area (Å²) in [5.74, 6) is -13.7. The van der Waals surface area contributed by atoms with Gasteiger partial charge < -0.3 is 9.47 Å². The first-order valence-corrected chi connectivity index (χ1v) is 19.0. The highest BCUT2D eigenvalue weighted by Gasteiger charge is 2.50. The number of fused-ring (bicyclic) bond motifs is 2. The Labute approximate surface area is 352 Å². The molecular weight excluding hydrogens is 877 g/mol. The Balaban J connectivity index is 0.000000323. The number of aromatic nitrogens is 10. The van der Waals surface area contributed by atoms with Gasteiger partial charge in [-0.05, 0) is 39.3 Å². The fourth-order valence-electron chi connectivity index (χ4n) is 5.23. The van der Waals surface area contributed by atoms with Gasteiger partial charge in [0.2, 0.25) is 11.6 Å². The van der Waals surface area contributed by atoms with Crippen molar-refractivity contribution in [1.29, 1.82) is 0 Å². The summed E-state index contributed by atoms with van der Waals surface area (Å²) in [5.41, 5.74) is -1.51. The van der Waals surface area contributed by atoms with Crippen molar-refractivity contribution in [2.75, 3.05) is 5.75 Å². The number of halogens is 12. The SMILES string of the molecule is CC.CC(Oc1ncc(-c2cn3c(C(C)(F)F)nnc3cn2)cc1F)C(F)(F)F.CCCC(F)(F)c1nnc2cnc(-c3cnc(OC(C)(CS)C(C)C(F)(F)F)c(F)c3)cn12.[HH]. The highest BCUT2D eigenvalue weighted by molar-refractivity contribution is 7.80. The molecule has 3 atom stereocenters. The lowest BCUT2D eigenvalue weighted by Gasteiger charge is -2.35. The average Bonchev–Trinajstić information content (AvgIpc) is 3.84. The van der Waals surface area contributed by atoms with Crippen LogP contribution in [0, 0.1) is 17.6 Å². The van der Waals surface area contributed by atoms with Crippen molar-refractivity contribution in [3.63, 3.8) is 0 Å². The molecule has 0 fully saturated rings. The first-order valence-electron chi connectivity index (χ1n) is 18.4. The Morgan fingerprint density at radius 3 is 1.56 bits per heavy atom. The Morgan fingerprint density at radius 1 is 0.677 bits per heavy atom. The van der Waals surface area contributed by atoms with E-state index in [0.717, 1.165) is 59.6 Å². The number of thiol groups is 1. The summed E-state index contributed by atoms with van der Waals surface area (Å²) in [5, 5.41) is 14.2. The van der Waals surface area contributed by atoms with E-state index in [2.05, 4.69) is 57.7 Å². The highest BCUT2D eigenvalue weighted by atomic mass is 32.1. The fraction of sp³-hybridized carbons (Fsp3) is 0.459. The first kappa shape index (κ1) is 49.2. The molecule has 0 spiro atoms. The predicted octanol–water partition coefficient (Wildman–Crippen LogP) is 10.5. The van der Waals surface area contributed by atoms with Crippen molar-refractivity contribution >= 4 is 23.9 Å². The van der Waals surface area contributed by atoms with Crippen molar-refractivity contribution in [1.82, 2.24) is 49.1 Å². The standard InChI is InChI=1S/C20H21F6N5OS.C15H11F6N5O.C2H6.H2/c1-4-5-19(22,23)17-30-29-15-8-27-14(9-31(15)17)12-6-13(21)16(28-7-12)32-18(3,10-33)11(2)20(24,25)26;1-7(15(19,20)21)27-12-9(16)3-8(4-23-12)10-6-26-11(5-22-10)24-25-13(26)14(2,17)18;1-2;/h6-9,11,33H,4-5,10H2,1-3H3;3-7H,1-2H3;1-2H3;1H. The summed E-state index contributed by atoms with van der Waals surface area (Å²) >= 11 is 3.93. The molecule has 0 saturated heterocycles. The third kappa shape index (κ3) is 11.1. The zero-order chi connectivity index (χ0) is 46.6. The predicted molar refractivity (Wildman–Crippen MR) is 204 cm³/mol. The smallest absolute Gasteiger partial charge is 0.425 e. The van der Waals surface area contributed by atoms with Crippen LogP contribution >= 0.6 is 12.6 Å². The highest BCUT2D eigenvalue weighted by Crippen LogP contribution is 2.39. The Kier molecular flexibility index (Phi) is 15.0. The molecule has 0 radical (unpaired) electrons. The van der Waals surface area contributed by atoms with Crippen LogP contribution in [-0.4, -0.2) is 78.9 Å². The Hall–Kier alpha value is -5.49. The molecule has 0 N–H and O–H groups in total. The van der Waals surface area contributed by atoms with Gasteiger partial charge in [-0.25, -0.2) is 18.7 Å². The fourth-order valence-corrected chi connectivity index (χ4v) is 5.57. The van der Waals surface area contributed by atoms with E-state index < -0.39 is 83.3 Å². The van der Waals surface area contributed by atoms with Crippen LogP contribution in [0.4, 0.5) is 52.7 Å². The van der Waals surface area contributed by atoms with E-state index in [9.17, 15) is 52.7 Å². The summed E-state index contributed by atoms with van der Waals surface area (Å²) in [6, 6.07) is 1.79. The molecular formula is C37H40F12N10O2S. The summed E-state index contributed by atoms with van der Waals surface area (Å²) in [7, 11) is 0. The largest absolute Gasteiger partial charge is 0.468 e. The number of hydrogen-bond donors (Lipinski definition) is 1. The quantitative estimate of drug-likeness (QED) is 0.0935. The molecule has 3 unspecified atom stereocenters. The normalized spacial score (nSPS) is 14.3. The van der Waals surface area contributed by atoms with Gasteiger partial charge in [0, 0.05) is 56.4 Å². The zero-order valence-electron chi connectivity index (χ0n) is 33.7. The second kappa shape index (κ2) is 18.9. The van der Waals surface area contributed by atoms with Crippen LogP contribution in [0.1, 0.15) is 74.4 Å². The van der Waals surface area contributed by atoms with Crippen LogP contribution in [0.2, 0.25) is 0 Å². The molecule has 6 aromatic rings. The molecule has 12 nitrogen and oxygen atoms in total. The lowest BCUT2D eigenvalue weighted by atomic mass is 9.91. The second-order valence-electron chi connectivity index (χ2n) is 13.6. The molecule has 6 rings (SSSR count). The maximum Gasteiger partial charge on any atom is 0.425 e. The molecule has 0 bridgehead atoms. The lowest BCUT2D eigenvalue weighted by molar-refractivity contribution is -0.207. The van der Waals surface area contributed by atoms with Crippen LogP contribution in [-0.2, 0) is 11.8 Å².